The molecule has 1 heterocycles. The fourth-order valence-corrected chi connectivity index (χ4v) is 2.80. The largest absolute Gasteiger partial charge is 0.338 e. The topological polar surface area (TPSA) is 46.9 Å². The van der Waals surface area contributed by atoms with Crippen LogP contribution >= 0.6 is 23.2 Å². The molecule has 0 saturated heterocycles. The van der Waals surface area contributed by atoms with Gasteiger partial charge >= 0.3 is 0 Å². The maximum Gasteiger partial charge on any atom is 0.252 e. The first-order chi connectivity index (χ1) is 12.0. The van der Waals surface area contributed by atoms with E-state index in [4.69, 9.17) is 23.2 Å². The smallest absolute Gasteiger partial charge is 0.252 e. The van der Waals surface area contributed by atoms with Crippen LogP contribution in [0.4, 0.5) is 4.39 Å². The van der Waals surface area contributed by atoms with Crippen LogP contribution in [-0.4, -0.2) is 15.5 Å². The number of nitrogens with one attached hydrogen (secondary N) is 1. The van der Waals surface area contributed by atoms with Crippen molar-refractivity contribution >= 4 is 29.1 Å². The molecule has 1 amide bonds. The zero-order valence-corrected chi connectivity index (χ0v) is 14.7. The molecule has 1 aromatic heterocycles. The predicted octanol–water partition coefficient (Wildman–Crippen LogP) is 4.39. The first kappa shape index (κ1) is 17.5. The number of nitrogens with zero attached hydrogens (tertiary/aromatic N) is 2. The third-order valence-corrected chi connectivity index (χ3v) is 4.53. The van der Waals surface area contributed by atoms with Crippen LogP contribution in [0.2, 0.25) is 10.0 Å². The maximum atomic E-state index is 14.3. The van der Waals surface area contributed by atoms with Crippen LogP contribution < -0.4 is 5.32 Å². The van der Waals surface area contributed by atoms with E-state index in [1.54, 1.807) is 48.3 Å². The Hall–Kier alpha value is -2.37. The Balaban J connectivity index is 1.98. The van der Waals surface area contributed by atoms with Crippen molar-refractivity contribution in [2.24, 2.45) is 7.05 Å². The number of aryl methyl sites for hydroxylation is 1. The summed E-state index contributed by atoms with van der Waals surface area (Å²) < 4.78 is 16.0. The lowest BCUT2D eigenvalue weighted by atomic mass is 10.0. The first-order valence-corrected chi connectivity index (χ1v) is 8.20. The molecule has 3 aromatic rings. The number of hydrogen-bond acceptors (Lipinski definition) is 2. The monoisotopic (exact) mass is 377 g/mol. The van der Waals surface area contributed by atoms with Gasteiger partial charge in [-0.05, 0) is 24.3 Å². The predicted molar refractivity (Wildman–Crippen MR) is 95.4 cm³/mol. The van der Waals surface area contributed by atoms with E-state index in [1.165, 1.54) is 18.2 Å². The van der Waals surface area contributed by atoms with Gasteiger partial charge in [0, 0.05) is 30.6 Å². The molecule has 3 rings (SSSR count). The summed E-state index contributed by atoms with van der Waals surface area (Å²) in [5, 5.41) is 3.44. The van der Waals surface area contributed by atoms with Gasteiger partial charge in [0.1, 0.15) is 17.7 Å². The quantitative estimate of drug-likeness (QED) is 0.732. The fraction of sp³-hybridized carbons (Fsp3) is 0.111. The molecule has 4 nitrogen and oxygen atoms in total. The molecular formula is C18H14Cl2FN3O. The highest BCUT2D eigenvalue weighted by Gasteiger charge is 2.24. The second-order valence-corrected chi connectivity index (χ2v) is 6.27. The summed E-state index contributed by atoms with van der Waals surface area (Å²) in [6.45, 7) is 0. The third-order valence-electron chi connectivity index (χ3n) is 3.79. The highest BCUT2D eigenvalue weighted by molar-refractivity contribution is 6.42. The number of amides is 1. The maximum absolute atomic E-state index is 14.3. The van der Waals surface area contributed by atoms with Crippen LogP contribution in [0.25, 0.3) is 0 Å². The number of imidazole rings is 1. The van der Waals surface area contributed by atoms with Gasteiger partial charge in [-0.3, -0.25) is 4.79 Å². The molecule has 0 fully saturated rings. The number of halogens is 3. The van der Waals surface area contributed by atoms with Gasteiger partial charge in [0.05, 0.1) is 10.0 Å². The van der Waals surface area contributed by atoms with Crippen LogP contribution in [0.1, 0.15) is 27.8 Å². The van der Waals surface area contributed by atoms with Crippen molar-refractivity contribution in [3.8, 4) is 0 Å². The lowest BCUT2D eigenvalue weighted by molar-refractivity contribution is 0.0940. The minimum absolute atomic E-state index is 0.272. The third kappa shape index (κ3) is 3.67. The van der Waals surface area contributed by atoms with Gasteiger partial charge in [-0.15, -0.1) is 0 Å². The molecule has 0 radical (unpaired) electrons. The Kier molecular flexibility index (Phi) is 5.06. The van der Waals surface area contributed by atoms with E-state index in [0.29, 0.717) is 22.0 Å². The number of aromatic nitrogens is 2. The highest BCUT2D eigenvalue weighted by atomic mass is 35.5. The number of hydrogen-bond donors (Lipinski definition) is 1. The van der Waals surface area contributed by atoms with Crippen LogP contribution in [0.5, 0.6) is 0 Å². The molecule has 128 valence electrons. The molecule has 0 aliphatic carbocycles. The average molecular weight is 378 g/mol. The van der Waals surface area contributed by atoms with Crippen LogP contribution in [0.3, 0.4) is 0 Å². The number of benzene rings is 2. The van der Waals surface area contributed by atoms with E-state index < -0.39 is 17.8 Å². The summed E-state index contributed by atoms with van der Waals surface area (Å²) in [5.41, 5.74) is 0.648. The molecule has 25 heavy (non-hydrogen) atoms. The number of carbonyl (C=O) groups excluding carboxylic acids is 1. The zero-order chi connectivity index (χ0) is 18.0. The molecule has 1 N–H and O–H groups in total. The molecule has 1 atom stereocenters. The Morgan fingerprint density at radius 3 is 2.60 bits per heavy atom. The molecule has 7 heteroatoms. The van der Waals surface area contributed by atoms with Crippen molar-refractivity contribution in [1.82, 2.24) is 14.9 Å². The highest BCUT2D eigenvalue weighted by Crippen LogP contribution is 2.25. The van der Waals surface area contributed by atoms with Gasteiger partial charge in [0.15, 0.2) is 0 Å². The molecule has 0 aliphatic heterocycles. The molecule has 0 spiro atoms. The normalized spacial score (nSPS) is 12.0. The zero-order valence-electron chi connectivity index (χ0n) is 13.2. The Labute approximate surface area is 154 Å². The Morgan fingerprint density at radius 1 is 1.20 bits per heavy atom. The Morgan fingerprint density at radius 2 is 1.96 bits per heavy atom. The molecule has 2 aromatic carbocycles. The number of carbonyl (C=O) groups is 1. The average Bonchev–Trinajstić information content (AvgIpc) is 3.01. The van der Waals surface area contributed by atoms with Gasteiger partial charge in [-0.1, -0.05) is 41.4 Å². The fourth-order valence-electron chi connectivity index (χ4n) is 2.50. The first-order valence-electron chi connectivity index (χ1n) is 7.45. The lowest BCUT2D eigenvalue weighted by Gasteiger charge is -2.20. The van der Waals surface area contributed by atoms with Gasteiger partial charge < -0.3 is 9.88 Å². The van der Waals surface area contributed by atoms with E-state index in [-0.39, 0.29) is 5.02 Å². The standard InChI is InChI=1S/C18H14Cl2FN3O/c1-24-9-8-22-17(24)16(12-4-2-3-5-15(12)21)23-18(25)11-6-7-13(19)14(20)10-11/h2-10,16H,1H3,(H,23,25)/t16-/m1/s1. The van der Waals surface area contributed by atoms with Crippen LogP contribution in [0, 0.1) is 5.82 Å². The summed E-state index contributed by atoms with van der Waals surface area (Å²) in [6.07, 6.45) is 3.32. The minimum Gasteiger partial charge on any atom is -0.338 e. The summed E-state index contributed by atoms with van der Waals surface area (Å²) in [6, 6.07) is 10.1. The van der Waals surface area contributed by atoms with E-state index in [9.17, 15) is 9.18 Å². The lowest BCUT2D eigenvalue weighted by Crippen LogP contribution is -2.31. The molecule has 0 aliphatic rings. The second-order valence-electron chi connectivity index (χ2n) is 5.45. The van der Waals surface area contributed by atoms with E-state index >= 15 is 0 Å². The van der Waals surface area contributed by atoms with Crippen LogP contribution in [0.15, 0.2) is 54.9 Å². The van der Waals surface area contributed by atoms with E-state index in [0.717, 1.165) is 0 Å². The van der Waals surface area contributed by atoms with Crippen LogP contribution in [-0.2, 0) is 7.05 Å². The summed E-state index contributed by atoms with van der Waals surface area (Å²) in [5.74, 6) is -0.321. The summed E-state index contributed by atoms with van der Waals surface area (Å²) in [4.78, 5) is 16.9. The second kappa shape index (κ2) is 7.25. The van der Waals surface area contributed by atoms with Crippen molar-refractivity contribution in [3.05, 3.63) is 87.7 Å². The van der Waals surface area contributed by atoms with E-state index in [2.05, 4.69) is 10.3 Å². The molecular weight excluding hydrogens is 364 g/mol. The van der Waals surface area contributed by atoms with Crippen molar-refractivity contribution in [1.29, 1.82) is 0 Å². The Bertz CT molecular complexity index is 926. The van der Waals surface area contributed by atoms with Gasteiger partial charge in [-0.2, -0.15) is 0 Å². The van der Waals surface area contributed by atoms with E-state index in [1.807, 2.05) is 0 Å². The number of rotatable bonds is 4. The van der Waals surface area contributed by atoms with Gasteiger partial charge in [0.25, 0.3) is 5.91 Å². The van der Waals surface area contributed by atoms with Crippen molar-refractivity contribution in [2.75, 3.05) is 0 Å². The van der Waals surface area contributed by atoms with Crippen molar-refractivity contribution in [2.45, 2.75) is 6.04 Å². The molecule has 0 saturated carbocycles. The van der Waals surface area contributed by atoms with Crippen molar-refractivity contribution < 1.29 is 9.18 Å². The summed E-state index contributed by atoms with van der Waals surface area (Å²) in [7, 11) is 1.78. The molecule has 0 bridgehead atoms. The minimum atomic E-state index is -0.747. The summed E-state index contributed by atoms with van der Waals surface area (Å²) >= 11 is 11.9. The van der Waals surface area contributed by atoms with Gasteiger partial charge in [0.2, 0.25) is 0 Å². The van der Waals surface area contributed by atoms with Gasteiger partial charge in [-0.25, -0.2) is 9.37 Å². The molecule has 0 unspecified atom stereocenters. The SMILES string of the molecule is Cn1ccnc1[C@H](NC(=O)c1ccc(Cl)c(Cl)c1)c1ccccc1F. The van der Waals surface area contributed by atoms with Crippen molar-refractivity contribution in [3.63, 3.8) is 0 Å².